The van der Waals surface area contributed by atoms with Crippen LogP contribution in [0.1, 0.15) is 10.6 Å². The highest BCUT2D eigenvalue weighted by molar-refractivity contribution is 9.10. The summed E-state index contributed by atoms with van der Waals surface area (Å²) in [5.41, 5.74) is 0. The molecule has 1 aromatic rings. The molecule has 1 N–H and O–H groups in total. The number of aromatic nitrogens is 2. The smallest absolute Gasteiger partial charge is 0.287 e. The van der Waals surface area contributed by atoms with Crippen LogP contribution >= 0.6 is 15.9 Å². The molecule has 1 heterocycles. The number of ether oxygens (including phenoxy) is 1. The van der Waals surface area contributed by atoms with Crippen molar-refractivity contribution < 1.29 is 9.53 Å². The van der Waals surface area contributed by atoms with Crippen LogP contribution in [0, 0.1) is 0 Å². The number of imidazole rings is 1. The van der Waals surface area contributed by atoms with Crippen molar-refractivity contribution in [1.29, 1.82) is 0 Å². The molecule has 0 fully saturated rings. The van der Waals surface area contributed by atoms with E-state index in [1.165, 1.54) is 0 Å². The predicted octanol–water partition coefficient (Wildman–Crippen LogP) is 2.32. The third-order valence-corrected chi connectivity index (χ3v) is 4.49. The zero-order chi connectivity index (χ0) is 13.8. The Kier molecular flexibility index (Phi) is 5.55. The van der Waals surface area contributed by atoms with E-state index < -0.39 is 8.07 Å². The molecule has 0 bridgehead atoms. The van der Waals surface area contributed by atoms with Crippen molar-refractivity contribution in [3.8, 4) is 0 Å². The lowest BCUT2D eigenvalue weighted by molar-refractivity contribution is 0.0787. The van der Waals surface area contributed by atoms with Gasteiger partial charge in [0.25, 0.3) is 5.91 Å². The van der Waals surface area contributed by atoms with Gasteiger partial charge in [-0.15, -0.1) is 0 Å². The number of amides is 1. The molecule has 7 heteroatoms. The van der Waals surface area contributed by atoms with E-state index in [1.807, 2.05) is 0 Å². The number of nitrogens with one attached hydrogen (secondary N) is 1. The second-order valence-corrected chi connectivity index (χ2v) is 11.7. The van der Waals surface area contributed by atoms with Gasteiger partial charge in [-0.2, -0.15) is 0 Å². The Bertz CT molecular complexity index is 415. The van der Waals surface area contributed by atoms with Gasteiger partial charge >= 0.3 is 0 Å². The minimum Gasteiger partial charge on any atom is -0.361 e. The molecule has 0 aliphatic rings. The van der Waals surface area contributed by atoms with Crippen LogP contribution in [0.2, 0.25) is 25.7 Å². The lowest BCUT2D eigenvalue weighted by atomic mass is 10.5. The molecule has 0 saturated heterocycles. The summed E-state index contributed by atoms with van der Waals surface area (Å²) in [6.45, 7) is 7.99. The fraction of sp³-hybridized carbons (Fsp3) is 0.636. The van der Waals surface area contributed by atoms with Crippen molar-refractivity contribution in [3.05, 3.63) is 16.6 Å². The summed E-state index contributed by atoms with van der Waals surface area (Å²) < 4.78 is 7.94. The monoisotopic (exact) mass is 333 g/mol. The predicted molar refractivity (Wildman–Crippen MR) is 77.4 cm³/mol. The number of carbonyl (C=O) groups excluding carboxylic acids is 1. The average Bonchev–Trinajstić information content (AvgIpc) is 2.63. The first-order valence-corrected chi connectivity index (χ1v) is 10.4. The molecule has 18 heavy (non-hydrogen) atoms. The number of nitrogens with zero attached hydrogens (tertiary/aromatic N) is 2. The van der Waals surface area contributed by atoms with Crippen molar-refractivity contribution in [3.63, 3.8) is 0 Å². The molecular weight excluding hydrogens is 314 g/mol. The highest BCUT2D eigenvalue weighted by Crippen LogP contribution is 2.11. The molecule has 102 valence electrons. The van der Waals surface area contributed by atoms with Crippen LogP contribution in [0.15, 0.2) is 10.8 Å². The van der Waals surface area contributed by atoms with E-state index in [2.05, 4.69) is 45.9 Å². The number of carbonyl (C=O) groups is 1. The van der Waals surface area contributed by atoms with E-state index in [1.54, 1.807) is 17.8 Å². The van der Waals surface area contributed by atoms with E-state index >= 15 is 0 Å². The average molecular weight is 334 g/mol. The Morgan fingerprint density at radius 3 is 2.78 bits per heavy atom. The van der Waals surface area contributed by atoms with Gasteiger partial charge in [-0.1, -0.05) is 19.6 Å². The van der Waals surface area contributed by atoms with Gasteiger partial charge in [0, 0.05) is 27.9 Å². The van der Waals surface area contributed by atoms with Crippen LogP contribution in [-0.2, 0) is 11.5 Å². The van der Waals surface area contributed by atoms with E-state index in [4.69, 9.17) is 4.74 Å². The fourth-order valence-corrected chi connectivity index (χ4v) is 2.49. The second-order valence-electron chi connectivity index (χ2n) is 5.28. The Hall–Kier alpha value is -0.663. The van der Waals surface area contributed by atoms with Crippen molar-refractivity contribution in [2.45, 2.75) is 32.4 Å². The molecule has 1 aromatic heterocycles. The normalized spacial score (nSPS) is 11.6. The first-order chi connectivity index (χ1) is 8.33. The third-order valence-electron chi connectivity index (χ3n) is 2.40. The summed E-state index contributed by atoms with van der Waals surface area (Å²) >= 11 is 3.26. The third kappa shape index (κ3) is 4.91. The first-order valence-electron chi connectivity index (χ1n) is 5.86. The molecule has 0 aliphatic heterocycles. The molecule has 1 rings (SSSR count). The summed E-state index contributed by atoms with van der Waals surface area (Å²) in [6, 6.07) is 1.11. The summed E-state index contributed by atoms with van der Waals surface area (Å²) in [5, 5.41) is 2.56. The molecule has 0 spiro atoms. The van der Waals surface area contributed by atoms with Crippen molar-refractivity contribution in [2.75, 3.05) is 13.7 Å². The summed E-state index contributed by atoms with van der Waals surface area (Å²) in [6.07, 6.45) is 1.75. The molecule has 1 amide bonds. The zero-order valence-corrected chi connectivity index (χ0v) is 13.9. The summed E-state index contributed by atoms with van der Waals surface area (Å²) in [5.74, 6) is 0.145. The minimum atomic E-state index is -1.07. The molecule has 0 radical (unpaired) electrons. The molecule has 0 saturated carbocycles. The van der Waals surface area contributed by atoms with Crippen molar-refractivity contribution in [2.24, 2.45) is 0 Å². The highest BCUT2D eigenvalue weighted by Gasteiger charge is 2.15. The van der Waals surface area contributed by atoms with Gasteiger partial charge in [-0.25, -0.2) is 4.98 Å². The zero-order valence-electron chi connectivity index (χ0n) is 11.3. The van der Waals surface area contributed by atoms with Gasteiger partial charge < -0.3 is 14.6 Å². The Morgan fingerprint density at radius 1 is 1.56 bits per heavy atom. The standard InChI is InChI=1S/C11H20BrN3O2Si/c1-13-11(16)10-14-9(12)7-15(10)8-17-5-6-18(2,3)4/h7H,5-6,8H2,1-4H3,(H,13,16). The molecule has 0 aliphatic carbocycles. The van der Waals surface area contributed by atoms with Crippen LogP contribution in [0.25, 0.3) is 0 Å². The minimum absolute atomic E-state index is 0.213. The Labute approximate surface area is 117 Å². The second kappa shape index (κ2) is 6.49. The largest absolute Gasteiger partial charge is 0.361 e. The quantitative estimate of drug-likeness (QED) is 0.642. The Morgan fingerprint density at radius 2 is 2.22 bits per heavy atom. The number of halogens is 1. The topological polar surface area (TPSA) is 56.2 Å². The van der Waals surface area contributed by atoms with Crippen molar-refractivity contribution in [1.82, 2.24) is 14.9 Å². The molecule has 0 unspecified atom stereocenters. The van der Waals surface area contributed by atoms with E-state index in [0.717, 1.165) is 12.7 Å². The fourth-order valence-electron chi connectivity index (χ4n) is 1.32. The maximum absolute atomic E-state index is 11.6. The first kappa shape index (κ1) is 15.4. The molecule has 5 nitrogen and oxygen atoms in total. The molecule has 0 atom stereocenters. The van der Waals surface area contributed by atoms with Gasteiger partial charge in [-0.05, 0) is 22.0 Å². The lowest BCUT2D eigenvalue weighted by Gasteiger charge is -2.15. The summed E-state index contributed by atoms with van der Waals surface area (Å²) in [7, 11) is 0.514. The van der Waals surface area contributed by atoms with E-state index in [9.17, 15) is 4.79 Å². The SMILES string of the molecule is CNC(=O)c1nc(Br)cn1COCC[Si](C)(C)C. The highest BCUT2D eigenvalue weighted by atomic mass is 79.9. The van der Waals surface area contributed by atoms with Crippen LogP contribution in [-0.4, -0.2) is 37.2 Å². The van der Waals surface area contributed by atoms with E-state index in [-0.39, 0.29) is 5.91 Å². The summed E-state index contributed by atoms with van der Waals surface area (Å²) in [4.78, 5) is 15.7. The maximum atomic E-state index is 11.6. The Balaban J connectivity index is 2.54. The van der Waals surface area contributed by atoms with Gasteiger partial charge in [0.05, 0.1) is 0 Å². The van der Waals surface area contributed by atoms with Gasteiger partial charge in [0.1, 0.15) is 11.3 Å². The van der Waals surface area contributed by atoms with Crippen LogP contribution in [0.5, 0.6) is 0 Å². The lowest BCUT2D eigenvalue weighted by Crippen LogP contribution is -2.24. The van der Waals surface area contributed by atoms with Crippen molar-refractivity contribution >= 4 is 29.9 Å². The van der Waals surface area contributed by atoms with Gasteiger partial charge in [0.2, 0.25) is 5.82 Å². The van der Waals surface area contributed by atoms with Gasteiger partial charge in [0.15, 0.2) is 0 Å². The number of hydrogen-bond donors (Lipinski definition) is 1. The molecule has 0 aromatic carbocycles. The van der Waals surface area contributed by atoms with Gasteiger partial charge in [-0.3, -0.25) is 4.79 Å². The number of rotatable bonds is 6. The number of hydrogen-bond acceptors (Lipinski definition) is 3. The van der Waals surface area contributed by atoms with Crippen LogP contribution < -0.4 is 5.32 Å². The molecular formula is C11H20BrN3O2Si. The maximum Gasteiger partial charge on any atom is 0.287 e. The van der Waals surface area contributed by atoms with E-state index in [0.29, 0.717) is 17.2 Å². The van der Waals surface area contributed by atoms with Crippen LogP contribution in [0.3, 0.4) is 0 Å². The van der Waals surface area contributed by atoms with Crippen LogP contribution in [0.4, 0.5) is 0 Å².